The number of imidazole rings is 1. The monoisotopic (exact) mass is 472 g/mol. The Morgan fingerprint density at radius 3 is 2.63 bits per heavy atom. The zero-order chi connectivity index (χ0) is 24.5. The van der Waals surface area contributed by atoms with Crippen molar-refractivity contribution in [1.29, 1.82) is 0 Å². The number of rotatable bonds is 6. The molecule has 0 bridgehead atoms. The highest BCUT2D eigenvalue weighted by Gasteiger charge is 2.28. The lowest BCUT2D eigenvalue weighted by molar-refractivity contribution is -0.123. The highest BCUT2D eigenvalue weighted by atomic mass is 19.1. The molecule has 1 aliphatic heterocycles. The average Bonchev–Trinajstić information content (AvgIpc) is 3.30. The van der Waals surface area contributed by atoms with Crippen molar-refractivity contribution in [3.63, 3.8) is 0 Å². The average molecular weight is 473 g/mol. The van der Waals surface area contributed by atoms with Crippen LogP contribution in [0.5, 0.6) is 0 Å². The molecule has 180 valence electrons. The first-order chi connectivity index (χ1) is 16.9. The number of benzene rings is 1. The van der Waals surface area contributed by atoms with E-state index < -0.39 is 5.95 Å². The van der Waals surface area contributed by atoms with Gasteiger partial charge in [0.15, 0.2) is 0 Å². The molecular formula is C27H29FN6O. The van der Waals surface area contributed by atoms with Crippen LogP contribution in [0.2, 0.25) is 0 Å². The Morgan fingerprint density at radius 2 is 1.89 bits per heavy atom. The third kappa shape index (κ3) is 4.52. The van der Waals surface area contributed by atoms with Crippen molar-refractivity contribution in [3.8, 4) is 11.4 Å². The topological polar surface area (TPSA) is 76.8 Å². The van der Waals surface area contributed by atoms with Crippen LogP contribution in [-0.4, -0.2) is 37.0 Å². The first-order valence-corrected chi connectivity index (χ1v) is 12.2. The van der Waals surface area contributed by atoms with Gasteiger partial charge in [-0.25, -0.2) is 19.9 Å². The SMILES string of the molecule is CCC1CCCN(c2ccc(Cc3nccc(-c4cc5c(ncn5C(C)C)c(F)n4)n3)cc2)C1=O. The molecule has 0 N–H and O–H groups in total. The van der Waals surface area contributed by atoms with Gasteiger partial charge in [0.1, 0.15) is 11.3 Å². The van der Waals surface area contributed by atoms with Gasteiger partial charge in [-0.3, -0.25) is 4.79 Å². The molecule has 4 heterocycles. The summed E-state index contributed by atoms with van der Waals surface area (Å²) in [4.78, 5) is 32.0. The van der Waals surface area contributed by atoms with E-state index in [0.717, 1.165) is 37.1 Å². The van der Waals surface area contributed by atoms with Crippen molar-refractivity contribution in [2.75, 3.05) is 11.4 Å². The fraction of sp³-hybridized carbons (Fsp3) is 0.370. The Hall–Kier alpha value is -3.68. The first-order valence-electron chi connectivity index (χ1n) is 12.2. The molecule has 3 aromatic heterocycles. The van der Waals surface area contributed by atoms with Gasteiger partial charge in [0.2, 0.25) is 11.9 Å². The molecule has 7 nitrogen and oxygen atoms in total. The maximum absolute atomic E-state index is 14.7. The van der Waals surface area contributed by atoms with Crippen LogP contribution >= 0.6 is 0 Å². The van der Waals surface area contributed by atoms with Crippen molar-refractivity contribution in [1.82, 2.24) is 24.5 Å². The molecule has 5 rings (SSSR count). The van der Waals surface area contributed by atoms with Crippen LogP contribution in [0, 0.1) is 11.9 Å². The van der Waals surface area contributed by atoms with Crippen LogP contribution in [-0.2, 0) is 11.2 Å². The number of hydrogen-bond acceptors (Lipinski definition) is 5. The summed E-state index contributed by atoms with van der Waals surface area (Å²) in [5.74, 6) is 0.356. The Balaban J connectivity index is 1.37. The number of halogens is 1. The minimum Gasteiger partial charge on any atom is -0.328 e. The van der Waals surface area contributed by atoms with Crippen LogP contribution in [0.25, 0.3) is 22.4 Å². The van der Waals surface area contributed by atoms with E-state index in [-0.39, 0.29) is 23.4 Å². The van der Waals surface area contributed by atoms with Crippen molar-refractivity contribution >= 4 is 22.6 Å². The molecule has 1 aliphatic rings. The van der Waals surface area contributed by atoms with Gasteiger partial charge in [-0.1, -0.05) is 19.1 Å². The predicted molar refractivity (Wildman–Crippen MR) is 134 cm³/mol. The second-order valence-corrected chi connectivity index (χ2v) is 9.35. The number of nitrogens with zero attached hydrogens (tertiary/aromatic N) is 6. The van der Waals surface area contributed by atoms with E-state index in [4.69, 9.17) is 0 Å². The van der Waals surface area contributed by atoms with Crippen LogP contribution in [0.1, 0.15) is 57.5 Å². The fourth-order valence-corrected chi connectivity index (χ4v) is 4.72. The number of carbonyl (C=O) groups is 1. The van der Waals surface area contributed by atoms with E-state index >= 15 is 0 Å². The molecule has 8 heteroatoms. The Morgan fingerprint density at radius 1 is 1.09 bits per heavy atom. The molecule has 35 heavy (non-hydrogen) atoms. The van der Waals surface area contributed by atoms with Crippen molar-refractivity contribution in [2.45, 2.75) is 52.5 Å². The summed E-state index contributed by atoms with van der Waals surface area (Å²) in [6.45, 7) is 6.89. The predicted octanol–water partition coefficient (Wildman–Crippen LogP) is 5.35. The standard InChI is InChI=1S/C27H29FN6O/c1-4-19-6-5-13-33(27(19)35)20-9-7-18(8-10-20)14-24-29-12-11-21(31-24)22-15-23-25(26(28)32-22)30-16-34(23)17(2)3/h7-12,15-17,19H,4-6,13-14H2,1-3H3. The highest BCUT2D eigenvalue weighted by molar-refractivity contribution is 5.95. The second kappa shape index (κ2) is 9.52. The van der Waals surface area contributed by atoms with E-state index in [2.05, 4.69) is 26.9 Å². The maximum Gasteiger partial charge on any atom is 0.241 e. The Kier molecular flexibility index (Phi) is 6.28. The normalized spacial score (nSPS) is 16.4. The molecule has 1 atom stereocenters. The van der Waals surface area contributed by atoms with Gasteiger partial charge in [0, 0.05) is 36.8 Å². The number of hydrogen-bond donors (Lipinski definition) is 0. The molecule has 0 radical (unpaired) electrons. The number of piperidine rings is 1. The summed E-state index contributed by atoms with van der Waals surface area (Å²) in [5.41, 5.74) is 3.93. The zero-order valence-corrected chi connectivity index (χ0v) is 20.3. The maximum atomic E-state index is 14.7. The fourth-order valence-electron chi connectivity index (χ4n) is 4.72. The third-order valence-electron chi connectivity index (χ3n) is 6.70. The highest BCUT2D eigenvalue weighted by Crippen LogP contribution is 2.27. The molecule has 0 spiro atoms. The van der Waals surface area contributed by atoms with E-state index in [1.165, 1.54) is 0 Å². The lowest BCUT2D eigenvalue weighted by atomic mass is 9.94. The number of pyridine rings is 1. The van der Waals surface area contributed by atoms with Gasteiger partial charge < -0.3 is 9.47 Å². The molecule has 0 saturated carbocycles. The van der Waals surface area contributed by atoms with Gasteiger partial charge in [-0.2, -0.15) is 4.39 Å². The molecule has 4 aromatic rings. The van der Waals surface area contributed by atoms with Gasteiger partial charge >= 0.3 is 0 Å². The van der Waals surface area contributed by atoms with Gasteiger partial charge in [0.05, 0.1) is 23.2 Å². The quantitative estimate of drug-likeness (QED) is 0.354. The van der Waals surface area contributed by atoms with Crippen LogP contribution < -0.4 is 4.90 Å². The lowest BCUT2D eigenvalue weighted by Crippen LogP contribution is -2.41. The molecular weight excluding hydrogens is 443 g/mol. The summed E-state index contributed by atoms with van der Waals surface area (Å²) >= 11 is 0. The summed E-state index contributed by atoms with van der Waals surface area (Å²) in [5, 5.41) is 0. The molecule has 1 saturated heterocycles. The summed E-state index contributed by atoms with van der Waals surface area (Å²) in [6.07, 6.45) is 6.72. The number of carbonyl (C=O) groups excluding carboxylic acids is 1. The van der Waals surface area contributed by atoms with Crippen molar-refractivity contribution in [2.24, 2.45) is 5.92 Å². The van der Waals surface area contributed by atoms with Gasteiger partial charge in [0.25, 0.3) is 0 Å². The zero-order valence-electron chi connectivity index (χ0n) is 20.3. The molecule has 1 unspecified atom stereocenters. The van der Waals surface area contributed by atoms with E-state index in [1.54, 1.807) is 18.6 Å². The van der Waals surface area contributed by atoms with Crippen molar-refractivity contribution < 1.29 is 9.18 Å². The van der Waals surface area contributed by atoms with E-state index in [1.807, 2.05) is 53.6 Å². The van der Waals surface area contributed by atoms with Crippen LogP contribution in [0.3, 0.4) is 0 Å². The molecule has 0 aliphatic carbocycles. The Labute approximate surface area is 204 Å². The van der Waals surface area contributed by atoms with Crippen LogP contribution in [0.15, 0.2) is 48.9 Å². The minimum atomic E-state index is -0.606. The molecule has 1 aromatic carbocycles. The number of anilines is 1. The van der Waals surface area contributed by atoms with E-state index in [9.17, 15) is 9.18 Å². The second-order valence-electron chi connectivity index (χ2n) is 9.35. The van der Waals surface area contributed by atoms with Crippen molar-refractivity contribution in [3.05, 3.63) is 66.3 Å². The number of amides is 1. The van der Waals surface area contributed by atoms with Gasteiger partial charge in [-0.15, -0.1) is 0 Å². The molecule has 1 amide bonds. The van der Waals surface area contributed by atoms with E-state index in [0.29, 0.717) is 29.1 Å². The summed E-state index contributed by atoms with van der Waals surface area (Å²) in [7, 11) is 0. The third-order valence-corrected chi connectivity index (χ3v) is 6.70. The minimum absolute atomic E-state index is 0.122. The first kappa shape index (κ1) is 23.1. The lowest BCUT2D eigenvalue weighted by Gasteiger charge is -2.32. The van der Waals surface area contributed by atoms with Crippen LogP contribution in [0.4, 0.5) is 10.1 Å². The summed E-state index contributed by atoms with van der Waals surface area (Å²) in [6, 6.07) is 11.7. The smallest absolute Gasteiger partial charge is 0.241 e. The number of fused-ring (bicyclic) bond motifs is 1. The Bertz CT molecular complexity index is 1360. The number of aromatic nitrogens is 5. The summed E-state index contributed by atoms with van der Waals surface area (Å²) < 4.78 is 16.6. The largest absolute Gasteiger partial charge is 0.328 e. The van der Waals surface area contributed by atoms with Gasteiger partial charge in [-0.05, 0) is 62.9 Å². The molecule has 1 fully saturated rings.